The predicted molar refractivity (Wildman–Crippen MR) is 68.0 cm³/mol. The molecule has 0 radical (unpaired) electrons. The van der Waals surface area contributed by atoms with Crippen LogP contribution >= 0.6 is 0 Å². The summed E-state index contributed by atoms with van der Waals surface area (Å²) < 4.78 is 4.68. The Morgan fingerprint density at radius 1 is 1.16 bits per heavy atom. The summed E-state index contributed by atoms with van der Waals surface area (Å²) in [6.07, 6.45) is 0.518. The summed E-state index contributed by atoms with van der Waals surface area (Å²) in [6, 6.07) is 6.32. The van der Waals surface area contributed by atoms with E-state index in [1.807, 2.05) is 0 Å². The lowest BCUT2D eigenvalue weighted by atomic mass is 10.0. The number of esters is 1. The summed E-state index contributed by atoms with van der Waals surface area (Å²) in [5.74, 6) is -1.67. The minimum Gasteiger partial charge on any atom is -0.478 e. The standard InChI is InChI=1S/C14H16O5/c1-2-19-13(16)9-12(15)8-5-10-3-6-11(7-4-10)14(17)18/h3-4,6-7H,2,5,8-9H2,1H3,(H,17,18). The Kier molecular flexibility index (Phi) is 5.73. The van der Waals surface area contributed by atoms with Gasteiger partial charge in [0.15, 0.2) is 0 Å². The van der Waals surface area contributed by atoms with Gasteiger partial charge >= 0.3 is 11.9 Å². The van der Waals surface area contributed by atoms with E-state index in [1.165, 1.54) is 12.1 Å². The molecule has 0 aliphatic heterocycles. The maximum Gasteiger partial charge on any atom is 0.335 e. The molecule has 0 fully saturated rings. The van der Waals surface area contributed by atoms with Crippen molar-refractivity contribution in [2.75, 3.05) is 6.61 Å². The molecule has 5 nitrogen and oxygen atoms in total. The third kappa shape index (κ3) is 5.33. The van der Waals surface area contributed by atoms with Gasteiger partial charge in [0.05, 0.1) is 12.2 Å². The topological polar surface area (TPSA) is 80.7 Å². The lowest BCUT2D eigenvalue weighted by Gasteiger charge is -2.03. The van der Waals surface area contributed by atoms with Gasteiger partial charge in [-0.15, -0.1) is 0 Å². The van der Waals surface area contributed by atoms with Crippen LogP contribution in [-0.4, -0.2) is 29.4 Å². The first-order valence-corrected chi connectivity index (χ1v) is 6.02. The van der Waals surface area contributed by atoms with Crippen molar-refractivity contribution in [3.8, 4) is 0 Å². The second-order valence-corrected chi connectivity index (χ2v) is 4.02. The van der Waals surface area contributed by atoms with Gasteiger partial charge in [-0.2, -0.15) is 0 Å². The van der Waals surface area contributed by atoms with E-state index in [0.29, 0.717) is 6.42 Å². The molecule has 0 saturated heterocycles. The van der Waals surface area contributed by atoms with Crippen LogP contribution in [0.5, 0.6) is 0 Å². The monoisotopic (exact) mass is 264 g/mol. The summed E-state index contributed by atoms with van der Waals surface area (Å²) >= 11 is 0. The molecule has 1 aromatic rings. The van der Waals surface area contributed by atoms with Crippen molar-refractivity contribution in [1.82, 2.24) is 0 Å². The number of rotatable bonds is 7. The first-order valence-electron chi connectivity index (χ1n) is 6.02. The van der Waals surface area contributed by atoms with Crippen LogP contribution in [0.2, 0.25) is 0 Å². The lowest BCUT2D eigenvalue weighted by Crippen LogP contribution is -2.11. The summed E-state index contributed by atoms with van der Waals surface area (Å²) in [4.78, 5) is 33.2. The van der Waals surface area contributed by atoms with Crippen LogP contribution in [0.15, 0.2) is 24.3 Å². The van der Waals surface area contributed by atoms with Crippen LogP contribution in [0.3, 0.4) is 0 Å². The molecule has 102 valence electrons. The minimum atomic E-state index is -0.982. The Hall–Kier alpha value is -2.17. The van der Waals surface area contributed by atoms with Crippen molar-refractivity contribution in [2.24, 2.45) is 0 Å². The number of hydrogen-bond donors (Lipinski definition) is 1. The largest absolute Gasteiger partial charge is 0.478 e. The van der Waals surface area contributed by atoms with Crippen molar-refractivity contribution < 1.29 is 24.2 Å². The van der Waals surface area contributed by atoms with E-state index < -0.39 is 11.9 Å². The lowest BCUT2D eigenvalue weighted by molar-refractivity contribution is -0.145. The highest BCUT2D eigenvalue weighted by molar-refractivity contribution is 5.95. The molecule has 0 aliphatic rings. The van der Waals surface area contributed by atoms with E-state index in [-0.39, 0.29) is 30.8 Å². The van der Waals surface area contributed by atoms with Crippen LogP contribution in [-0.2, 0) is 20.7 Å². The third-order valence-corrected chi connectivity index (χ3v) is 2.54. The fourth-order valence-corrected chi connectivity index (χ4v) is 1.56. The zero-order valence-electron chi connectivity index (χ0n) is 10.7. The van der Waals surface area contributed by atoms with Crippen LogP contribution in [0.1, 0.15) is 35.7 Å². The summed E-state index contributed by atoms with van der Waals surface area (Å²) in [5.41, 5.74) is 1.07. The average molecular weight is 264 g/mol. The van der Waals surface area contributed by atoms with Crippen LogP contribution in [0, 0.1) is 0 Å². The molecule has 1 rings (SSSR count). The molecule has 5 heteroatoms. The number of ketones is 1. The Bertz CT molecular complexity index is 461. The molecule has 0 heterocycles. The number of benzene rings is 1. The highest BCUT2D eigenvalue weighted by atomic mass is 16.5. The van der Waals surface area contributed by atoms with E-state index >= 15 is 0 Å². The zero-order chi connectivity index (χ0) is 14.3. The van der Waals surface area contributed by atoms with E-state index in [9.17, 15) is 14.4 Å². The summed E-state index contributed by atoms with van der Waals surface area (Å²) in [6.45, 7) is 1.95. The fraction of sp³-hybridized carbons (Fsp3) is 0.357. The Balaban J connectivity index is 2.42. The van der Waals surface area contributed by atoms with Gasteiger partial charge in [-0.1, -0.05) is 12.1 Å². The Labute approximate surface area is 111 Å². The van der Waals surface area contributed by atoms with E-state index in [0.717, 1.165) is 5.56 Å². The van der Waals surface area contributed by atoms with Gasteiger partial charge in [0.2, 0.25) is 0 Å². The zero-order valence-corrected chi connectivity index (χ0v) is 10.7. The highest BCUT2D eigenvalue weighted by Gasteiger charge is 2.10. The highest BCUT2D eigenvalue weighted by Crippen LogP contribution is 2.08. The molecule has 0 amide bonds. The van der Waals surface area contributed by atoms with Gasteiger partial charge in [0.25, 0.3) is 0 Å². The number of carbonyl (C=O) groups excluding carboxylic acids is 2. The van der Waals surface area contributed by atoms with Crippen molar-refractivity contribution in [3.05, 3.63) is 35.4 Å². The number of carbonyl (C=O) groups is 3. The predicted octanol–water partition coefficient (Wildman–Crippen LogP) is 1.84. The van der Waals surface area contributed by atoms with Crippen molar-refractivity contribution in [2.45, 2.75) is 26.2 Å². The number of hydrogen-bond acceptors (Lipinski definition) is 4. The molecular weight excluding hydrogens is 248 g/mol. The maximum atomic E-state index is 11.5. The molecule has 0 saturated carbocycles. The first kappa shape index (κ1) is 14.9. The van der Waals surface area contributed by atoms with Gasteiger partial charge in [0, 0.05) is 6.42 Å². The summed E-state index contributed by atoms with van der Waals surface area (Å²) in [5, 5.41) is 8.74. The molecule has 0 atom stereocenters. The third-order valence-electron chi connectivity index (χ3n) is 2.54. The maximum absolute atomic E-state index is 11.5. The van der Waals surface area contributed by atoms with Gasteiger partial charge in [0.1, 0.15) is 12.2 Å². The molecule has 0 aliphatic carbocycles. The quantitative estimate of drug-likeness (QED) is 0.600. The SMILES string of the molecule is CCOC(=O)CC(=O)CCc1ccc(C(=O)O)cc1. The Morgan fingerprint density at radius 2 is 1.79 bits per heavy atom. The number of carboxylic acids is 1. The van der Waals surface area contributed by atoms with Gasteiger partial charge < -0.3 is 9.84 Å². The fourth-order valence-electron chi connectivity index (χ4n) is 1.56. The molecule has 1 aromatic carbocycles. The first-order chi connectivity index (χ1) is 9.02. The normalized spacial score (nSPS) is 9.95. The molecule has 0 aromatic heterocycles. The second kappa shape index (κ2) is 7.31. The minimum absolute atomic E-state index is 0.180. The number of ether oxygens (including phenoxy) is 1. The van der Waals surface area contributed by atoms with E-state index in [2.05, 4.69) is 4.74 Å². The molecule has 0 spiro atoms. The van der Waals surface area contributed by atoms with Crippen LogP contribution in [0.25, 0.3) is 0 Å². The number of carboxylic acid groups (broad SMARTS) is 1. The molecule has 1 N–H and O–H groups in total. The average Bonchev–Trinajstić information content (AvgIpc) is 2.37. The summed E-state index contributed by atoms with van der Waals surface area (Å²) in [7, 11) is 0. The van der Waals surface area contributed by atoms with Crippen LogP contribution in [0.4, 0.5) is 0 Å². The molecule has 0 bridgehead atoms. The van der Waals surface area contributed by atoms with Crippen molar-refractivity contribution >= 4 is 17.7 Å². The van der Waals surface area contributed by atoms with Gasteiger partial charge in [-0.3, -0.25) is 9.59 Å². The van der Waals surface area contributed by atoms with Crippen LogP contribution < -0.4 is 0 Å². The molecule has 0 unspecified atom stereocenters. The Morgan fingerprint density at radius 3 is 2.32 bits per heavy atom. The number of Topliss-reactive ketones (excluding diaryl/α,β-unsaturated/α-hetero) is 1. The number of aryl methyl sites for hydroxylation is 1. The molecular formula is C14H16O5. The van der Waals surface area contributed by atoms with Crippen molar-refractivity contribution in [3.63, 3.8) is 0 Å². The van der Waals surface area contributed by atoms with E-state index in [1.54, 1.807) is 19.1 Å². The molecule has 19 heavy (non-hydrogen) atoms. The number of aromatic carboxylic acids is 1. The smallest absolute Gasteiger partial charge is 0.335 e. The van der Waals surface area contributed by atoms with E-state index in [4.69, 9.17) is 5.11 Å². The van der Waals surface area contributed by atoms with Gasteiger partial charge in [-0.05, 0) is 31.0 Å². The van der Waals surface area contributed by atoms with Crippen molar-refractivity contribution in [1.29, 1.82) is 0 Å². The second-order valence-electron chi connectivity index (χ2n) is 4.02. The van der Waals surface area contributed by atoms with Gasteiger partial charge in [-0.25, -0.2) is 4.79 Å².